The highest BCUT2D eigenvalue weighted by Gasteiger charge is 2.23. The van der Waals surface area contributed by atoms with Crippen LogP contribution in [0, 0.1) is 5.82 Å². The molecule has 3 aromatic carbocycles. The van der Waals surface area contributed by atoms with E-state index in [0.29, 0.717) is 40.9 Å². The van der Waals surface area contributed by atoms with Crippen LogP contribution in [0.15, 0.2) is 65.8 Å². The summed E-state index contributed by atoms with van der Waals surface area (Å²) < 4.78 is 29.2. The van der Waals surface area contributed by atoms with Crippen molar-refractivity contribution >= 4 is 35.6 Å². The maximum atomic E-state index is 13.9. The molecule has 0 aliphatic carbocycles. The Labute approximate surface area is 244 Å². The van der Waals surface area contributed by atoms with Gasteiger partial charge in [-0.1, -0.05) is 43.9 Å². The van der Waals surface area contributed by atoms with Crippen LogP contribution in [-0.4, -0.2) is 40.6 Å². The third-order valence-corrected chi connectivity index (χ3v) is 9.59. The smallest absolute Gasteiger partial charge is 0.265 e. The molecule has 8 nitrogen and oxygen atoms in total. The minimum Gasteiger partial charge on any atom is -0.398 e. The maximum Gasteiger partial charge on any atom is 0.265 e. The zero-order valence-corrected chi connectivity index (χ0v) is 25.3. The summed E-state index contributed by atoms with van der Waals surface area (Å²) in [7, 11) is -1.28. The Morgan fingerprint density at radius 2 is 1.90 bits per heavy atom. The number of nitrogens with zero attached hydrogens (tertiary/aromatic N) is 4. The van der Waals surface area contributed by atoms with E-state index >= 15 is 0 Å². The fourth-order valence-electron chi connectivity index (χ4n) is 5.52. The molecule has 1 atom stereocenters. The molecule has 2 aromatic heterocycles. The van der Waals surface area contributed by atoms with Crippen molar-refractivity contribution < 1.29 is 13.9 Å². The van der Waals surface area contributed by atoms with Crippen LogP contribution in [0.3, 0.4) is 0 Å². The number of halogens is 1. The van der Waals surface area contributed by atoms with Crippen molar-refractivity contribution in [1.82, 2.24) is 19.3 Å². The first-order chi connectivity index (χ1) is 20.2. The lowest BCUT2D eigenvalue weighted by molar-refractivity contribution is -0.0366. The number of ether oxygens (including phenoxy) is 2. The lowest BCUT2D eigenvalue weighted by Crippen LogP contribution is -2.25. The molecular weight excluding hydrogens is 549 g/mol. The van der Waals surface area contributed by atoms with Gasteiger partial charge in [0, 0.05) is 37.8 Å². The first kappa shape index (κ1) is 28.3. The minimum atomic E-state index is -1.28. The Hall–Kier alpha value is -3.86. The van der Waals surface area contributed by atoms with Crippen molar-refractivity contribution in [3.63, 3.8) is 0 Å². The zero-order chi connectivity index (χ0) is 29.4. The van der Waals surface area contributed by atoms with Crippen molar-refractivity contribution in [2.45, 2.75) is 57.9 Å². The molecular formula is C32H36FN5O3Si. The summed E-state index contributed by atoms with van der Waals surface area (Å²) in [4.78, 5) is 18.6. The van der Waals surface area contributed by atoms with Crippen molar-refractivity contribution in [2.24, 2.45) is 0 Å². The Morgan fingerprint density at radius 1 is 1.10 bits per heavy atom. The van der Waals surface area contributed by atoms with Gasteiger partial charge in [-0.15, -0.1) is 0 Å². The molecule has 0 spiro atoms. The highest BCUT2D eigenvalue weighted by Crippen LogP contribution is 2.40. The Morgan fingerprint density at radius 3 is 2.64 bits per heavy atom. The number of fused-ring (bicyclic) bond motifs is 2. The van der Waals surface area contributed by atoms with E-state index in [4.69, 9.17) is 20.3 Å². The number of nitrogens with two attached hydrogens (primary N) is 1. The molecule has 10 heteroatoms. The molecule has 5 aromatic rings. The Balaban J connectivity index is 1.51. The maximum absolute atomic E-state index is 13.9. The summed E-state index contributed by atoms with van der Waals surface area (Å²) in [5.41, 5.74) is 11.2. The second kappa shape index (κ2) is 11.4. The van der Waals surface area contributed by atoms with E-state index in [0.717, 1.165) is 47.3 Å². The monoisotopic (exact) mass is 585 g/mol. The molecule has 0 bridgehead atoms. The fraction of sp³-hybridized carbons (Fsp3) is 0.344. The third-order valence-electron chi connectivity index (χ3n) is 7.88. The van der Waals surface area contributed by atoms with Crippen molar-refractivity contribution in [3.05, 3.63) is 77.2 Å². The highest BCUT2D eigenvalue weighted by molar-refractivity contribution is 6.76. The summed E-state index contributed by atoms with van der Waals surface area (Å²) in [5, 5.41) is 5.91. The highest BCUT2D eigenvalue weighted by atomic mass is 28.3. The number of hydrogen-bond donors (Lipinski definition) is 1. The normalized spacial score (nSPS) is 16.0. The van der Waals surface area contributed by atoms with E-state index in [1.807, 2.05) is 35.1 Å². The summed E-state index contributed by atoms with van der Waals surface area (Å²) in [5.74, 6) is -0.341. The summed E-state index contributed by atoms with van der Waals surface area (Å²) in [6, 6.07) is 15.1. The van der Waals surface area contributed by atoms with Crippen LogP contribution >= 0.6 is 0 Å². The lowest BCUT2D eigenvalue weighted by atomic mass is 9.92. The van der Waals surface area contributed by atoms with Gasteiger partial charge in [-0.25, -0.2) is 14.1 Å². The van der Waals surface area contributed by atoms with Gasteiger partial charge in [0.2, 0.25) is 0 Å². The van der Waals surface area contributed by atoms with Gasteiger partial charge in [-0.2, -0.15) is 5.10 Å². The lowest BCUT2D eigenvalue weighted by Gasteiger charge is -2.23. The predicted octanol–water partition coefficient (Wildman–Crippen LogP) is 6.81. The minimum absolute atomic E-state index is 0.0888. The van der Waals surface area contributed by atoms with Gasteiger partial charge < -0.3 is 15.2 Å². The predicted molar refractivity (Wildman–Crippen MR) is 167 cm³/mol. The van der Waals surface area contributed by atoms with Crippen molar-refractivity contribution in [3.8, 4) is 22.3 Å². The van der Waals surface area contributed by atoms with E-state index in [1.165, 1.54) is 23.0 Å². The quantitative estimate of drug-likeness (QED) is 0.122. The number of nitrogen functional groups attached to an aromatic ring is 1. The Kier molecular flexibility index (Phi) is 7.69. The average molecular weight is 586 g/mol. The molecule has 2 N–H and O–H groups in total. The molecule has 1 unspecified atom stereocenters. The number of rotatable bonds is 8. The number of anilines is 1. The van der Waals surface area contributed by atoms with Gasteiger partial charge in [-0.05, 0) is 60.7 Å². The molecule has 0 saturated carbocycles. The fourth-order valence-corrected chi connectivity index (χ4v) is 6.28. The van der Waals surface area contributed by atoms with E-state index < -0.39 is 8.07 Å². The number of aromatic nitrogens is 4. The first-order valence-corrected chi connectivity index (χ1v) is 18.2. The largest absolute Gasteiger partial charge is 0.398 e. The topological polar surface area (TPSA) is 97.2 Å². The summed E-state index contributed by atoms with van der Waals surface area (Å²) in [6.07, 6.45) is 6.26. The van der Waals surface area contributed by atoms with Crippen LogP contribution in [-0.2, 0) is 16.2 Å². The molecule has 1 aliphatic heterocycles. The van der Waals surface area contributed by atoms with Gasteiger partial charge >= 0.3 is 0 Å². The third kappa shape index (κ3) is 5.49. The molecule has 0 radical (unpaired) electrons. The van der Waals surface area contributed by atoms with E-state index in [2.05, 4.69) is 24.6 Å². The van der Waals surface area contributed by atoms with Crippen LogP contribution in [0.25, 0.3) is 44.1 Å². The van der Waals surface area contributed by atoms with Crippen LogP contribution in [0.4, 0.5) is 10.1 Å². The summed E-state index contributed by atoms with van der Waals surface area (Å²) >= 11 is 0. The molecule has 6 rings (SSSR count). The van der Waals surface area contributed by atoms with Crippen molar-refractivity contribution in [2.75, 3.05) is 18.9 Å². The molecule has 0 amide bonds. The molecule has 3 heterocycles. The van der Waals surface area contributed by atoms with E-state index in [9.17, 15) is 9.18 Å². The van der Waals surface area contributed by atoms with Gasteiger partial charge in [0.05, 0.1) is 28.3 Å². The van der Waals surface area contributed by atoms with E-state index in [1.54, 1.807) is 12.1 Å². The molecule has 218 valence electrons. The molecule has 1 saturated heterocycles. The van der Waals surface area contributed by atoms with Crippen LogP contribution in [0.5, 0.6) is 0 Å². The second-order valence-corrected chi connectivity index (χ2v) is 17.8. The van der Waals surface area contributed by atoms with Crippen LogP contribution in [0.1, 0.15) is 25.5 Å². The van der Waals surface area contributed by atoms with Gasteiger partial charge in [0.1, 0.15) is 18.9 Å². The van der Waals surface area contributed by atoms with Crippen LogP contribution in [0.2, 0.25) is 25.7 Å². The zero-order valence-electron chi connectivity index (χ0n) is 24.3. The van der Waals surface area contributed by atoms with Gasteiger partial charge in [0.25, 0.3) is 5.56 Å². The van der Waals surface area contributed by atoms with Gasteiger partial charge in [-0.3, -0.25) is 9.36 Å². The standard InChI is InChI=1S/C32H36FN5O3Si/c1-42(2,3)16-15-40-20-37-19-35-31-24(21-10-12-22(33)13-11-21)17-25(30(34)29(31)32(37)39)23-7-6-8-27-26(23)18-36-38(27)28-9-4-5-14-41-28/h6-8,10-13,17-19,28H,4-5,9,14-16,20,34H2,1-3H3. The molecule has 1 aliphatic rings. The number of benzene rings is 3. The second-order valence-electron chi connectivity index (χ2n) is 12.1. The van der Waals surface area contributed by atoms with Crippen LogP contribution < -0.4 is 11.3 Å². The SMILES string of the molecule is C[Si](C)(C)CCOCn1cnc2c(-c3ccc(F)cc3)cc(-c3cccc4c3cnn4C3CCCCO3)c(N)c2c1=O. The molecule has 42 heavy (non-hydrogen) atoms. The average Bonchev–Trinajstić information content (AvgIpc) is 3.42. The van der Waals surface area contributed by atoms with Gasteiger partial charge in [0.15, 0.2) is 6.23 Å². The van der Waals surface area contributed by atoms with Crippen molar-refractivity contribution in [1.29, 1.82) is 0 Å². The Bertz CT molecular complexity index is 1800. The van der Waals surface area contributed by atoms with E-state index in [-0.39, 0.29) is 24.3 Å². The number of hydrogen-bond acceptors (Lipinski definition) is 6. The first-order valence-electron chi connectivity index (χ1n) is 14.4. The molecule has 1 fully saturated rings. The summed E-state index contributed by atoms with van der Waals surface area (Å²) in [6.45, 7) is 8.23.